The summed E-state index contributed by atoms with van der Waals surface area (Å²) in [6.07, 6.45) is 5.38. The van der Waals surface area contributed by atoms with Crippen LogP contribution >= 0.6 is 0 Å². The summed E-state index contributed by atoms with van der Waals surface area (Å²) >= 11 is 0. The third-order valence-electron chi connectivity index (χ3n) is 2.02. The minimum Gasteiger partial charge on any atom is -0.396 e. The first-order valence-electron chi connectivity index (χ1n) is 4.61. The van der Waals surface area contributed by atoms with Gasteiger partial charge in [-0.05, 0) is 30.5 Å². The van der Waals surface area contributed by atoms with Crippen LogP contribution in [-0.2, 0) is 0 Å². The topological polar surface area (TPSA) is 37.3 Å². The molecule has 74 valence electrons. The van der Waals surface area contributed by atoms with Crippen LogP contribution in [0.5, 0.6) is 0 Å². The van der Waals surface area contributed by atoms with Gasteiger partial charge in [0.05, 0.1) is 0 Å². The Morgan fingerprint density at radius 1 is 1.43 bits per heavy atom. The third kappa shape index (κ3) is 2.82. The molecule has 0 unspecified atom stereocenters. The number of rotatable bonds is 4. The van der Waals surface area contributed by atoms with Crippen LogP contribution in [0.1, 0.15) is 27.9 Å². The van der Waals surface area contributed by atoms with Crippen molar-refractivity contribution in [2.75, 3.05) is 6.61 Å². The SMILES string of the molecule is Cc1cc(C=O)ccc1C=CCCO. The van der Waals surface area contributed by atoms with Gasteiger partial charge >= 0.3 is 0 Å². The van der Waals surface area contributed by atoms with Gasteiger partial charge in [0.25, 0.3) is 0 Å². The molecule has 0 aliphatic rings. The number of hydrogen-bond donors (Lipinski definition) is 1. The molecule has 2 nitrogen and oxygen atoms in total. The van der Waals surface area contributed by atoms with Crippen molar-refractivity contribution in [1.82, 2.24) is 0 Å². The lowest BCUT2D eigenvalue weighted by molar-refractivity contribution is 0.112. The van der Waals surface area contributed by atoms with Gasteiger partial charge in [0.1, 0.15) is 6.29 Å². The Balaban J connectivity index is 2.83. The zero-order chi connectivity index (χ0) is 10.4. The average Bonchev–Trinajstić information content (AvgIpc) is 2.20. The number of hydrogen-bond acceptors (Lipinski definition) is 2. The van der Waals surface area contributed by atoms with Crippen LogP contribution in [0.2, 0.25) is 0 Å². The van der Waals surface area contributed by atoms with E-state index >= 15 is 0 Å². The maximum absolute atomic E-state index is 10.5. The largest absolute Gasteiger partial charge is 0.396 e. The minimum atomic E-state index is 0.169. The van der Waals surface area contributed by atoms with Crippen molar-refractivity contribution in [3.05, 3.63) is 41.0 Å². The highest BCUT2D eigenvalue weighted by Gasteiger charge is 1.95. The Bertz CT molecular complexity index is 340. The fraction of sp³-hybridized carbons (Fsp3) is 0.250. The average molecular weight is 190 g/mol. The van der Waals surface area contributed by atoms with E-state index in [0.29, 0.717) is 12.0 Å². The van der Waals surface area contributed by atoms with Crippen LogP contribution in [0.25, 0.3) is 6.08 Å². The van der Waals surface area contributed by atoms with Crippen LogP contribution < -0.4 is 0 Å². The van der Waals surface area contributed by atoms with E-state index in [1.54, 1.807) is 6.07 Å². The summed E-state index contributed by atoms with van der Waals surface area (Å²) < 4.78 is 0. The molecule has 0 amide bonds. The number of carbonyl (C=O) groups excluding carboxylic acids is 1. The molecule has 0 fully saturated rings. The van der Waals surface area contributed by atoms with Crippen LogP contribution in [-0.4, -0.2) is 18.0 Å². The summed E-state index contributed by atoms with van der Waals surface area (Å²) in [5.41, 5.74) is 2.86. The molecule has 0 saturated heterocycles. The minimum absolute atomic E-state index is 0.169. The van der Waals surface area contributed by atoms with Crippen molar-refractivity contribution in [3.8, 4) is 0 Å². The summed E-state index contributed by atoms with van der Waals surface area (Å²) in [4.78, 5) is 10.5. The van der Waals surface area contributed by atoms with E-state index in [-0.39, 0.29) is 6.61 Å². The van der Waals surface area contributed by atoms with E-state index in [4.69, 9.17) is 5.11 Å². The molecule has 0 spiro atoms. The van der Waals surface area contributed by atoms with E-state index < -0.39 is 0 Å². The first kappa shape index (κ1) is 10.7. The number of carbonyl (C=O) groups is 1. The monoisotopic (exact) mass is 190 g/mol. The number of benzene rings is 1. The van der Waals surface area contributed by atoms with E-state index in [9.17, 15) is 4.79 Å². The van der Waals surface area contributed by atoms with Gasteiger partial charge < -0.3 is 5.11 Å². The maximum Gasteiger partial charge on any atom is 0.150 e. The molecule has 1 rings (SSSR count). The number of aliphatic hydroxyl groups is 1. The highest BCUT2D eigenvalue weighted by atomic mass is 16.2. The van der Waals surface area contributed by atoms with Gasteiger partial charge in [-0.1, -0.05) is 24.3 Å². The predicted octanol–water partition coefficient (Wildman–Crippen LogP) is 2.20. The lowest BCUT2D eigenvalue weighted by atomic mass is 10.1. The fourth-order valence-corrected chi connectivity index (χ4v) is 1.24. The van der Waals surface area contributed by atoms with Gasteiger partial charge in [0.2, 0.25) is 0 Å². The molecule has 0 heterocycles. The molecule has 0 atom stereocenters. The van der Waals surface area contributed by atoms with Crippen LogP contribution in [0, 0.1) is 6.92 Å². The first-order valence-corrected chi connectivity index (χ1v) is 4.61. The second-order valence-electron chi connectivity index (χ2n) is 3.15. The summed E-state index contributed by atoms with van der Waals surface area (Å²) in [7, 11) is 0. The molecule has 1 aromatic rings. The molecular formula is C12H14O2. The molecular weight excluding hydrogens is 176 g/mol. The van der Waals surface area contributed by atoms with E-state index in [1.807, 2.05) is 31.2 Å². The highest BCUT2D eigenvalue weighted by molar-refractivity contribution is 5.76. The Morgan fingerprint density at radius 2 is 2.21 bits per heavy atom. The van der Waals surface area contributed by atoms with Crippen molar-refractivity contribution >= 4 is 12.4 Å². The number of aliphatic hydroxyl groups excluding tert-OH is 1. The second kappa shape index (κ2) is 5.35. The molecule has 0 aliphatic carbocycles. The summed E-state index contributed by atoms with van der Waals surface area (Å²) in [6.45, 7) is 2.13. The summed E-state index contributed by atoms with van der Waals surface area (Å²) in [5, 5.41) is 8.60. The van der Waals surface area contributed by atoms with E-state index in [0.717, 1.165) is 17.4 Å². The van der Waals surface area contributed by atoms with Crippen molar-refractivity contribution < 1.29 is 9.90 Å². The van der Waals surface area contributed by atoms with Crippen LogP contribution in [0.4, 0.5) is 0 Å². The quantitative estimate of drug-likeness (QED) is 0.739. The molecule has 1 aromatic carbocycles. The predicted molar refractivity (Wildman–Crippen MR) is 57.3 cm³/mol. The smallest absolute Gasteiger partial charge is 0.150 e. The van der Waals surface area contributed by atoms with E-state index in [1.165, 1.54) is 0 Å². The lowest BCUT2D eigenvalue weighted by Gasteiger charge is -2.00. The molecule has 0 aromatic heterocycles. The van der Waals surface area contributed by atoms with Crippen molar-refractivity contribution in [2.45, 2.75) is 13.3 Å². The summed E-state index contributed by atoms with van der Waals surface area (Å²) in [6, 6.07) is 5.55. The van der Waals surface area contributed by atoms with Gasteiger partial charge in [0.15, 0.2) is 0 Å². The maximum atomic E-state index is 10.5. The van der Waals surface area contributed by atoms with Crippen LogP contribution in [0.3, 0.4) is 0 Å². The Morgan fingerprint density at radius 3 is 2.79 bits per heavy atom. The van der Waals surface area contributed by atoms with Crippen LogP contribution in [0.15, 0.2) is 24.3 Å². The standard InChI is InChI=1S/C12H14O2/c1-10-8-11(9-14)5-6-12(10)4-2-3-7-13/h2,4-6,8-9,13H,3,7H2,1H3. The van der Waals surface area contributed by atoms with Gasteiger partial charge in [-0.25, -0.2) is 0 Å². The molecule has 0 bridgehead atoms. The van der Waals surface area contributed by atoms with Gasteiger partial charge in [0, 0.05) is 12.2 Å². The molecule has 14 heavy (non-hydrogen) atoms. The normalized spacial score (nSPS) is 10.7. The van der Waals surface area contributed by atoms with Gasteiger partial charge in [-0.3, -0.25) is 4.79 Å². The Kier molecular flexibility index (Phi) is 4.08. The van der Waals surface area contributed by atoms with Gasteiger partial charge in [-0.15, -0.1) is 0 Å². The highest BCUT2D eigenvalue weighted by Crippen LogP contribution is 2.11. The molecule has 0 radical (unpaired) electrons. The molecule has 0 aliphatic heterocycles. The fourth-order valence-electron chi connectivity index (χ4n) is 1.24. The molecule has 0 saturated carbocycles. The van der Waals surface area contributed by atoms with Crippen molar-refractivity contribution in [2.24, 2.45) is 0 Å². The third-order valence-corrected chi connectivity index (χ3v) is 2.02. The van der Waals surface area contributed by atoms with Gasteiger partial charge in [-0.2, -0.15) is 0 Å². The van der Waals surface area contributed by atoms with Crippen molar-refractivity contribution in [3.63, 3.8) is 0 Å². The first-order chi connectivity index (χ1) is 6.77. The Labute approximate surface area is 83.9 Å². The number of aldehydes is 1. The zero-order valence-electron chi connectivity index (χ0n) is 8.23. The van der Waals surface area contributed by atoms with E-state index in [2.05, 4.69) is 0 Å². The zero-order valence-corrected chi connectivity index (χ0v) is 8.23. The lowest BCUT2D eigenvalue weighted by Crippen LogP contribution is -1.85. The Hall–Kier alpha value is -1.41. The number of aryl methyl sites for hydroxylation is 1. The summed E-state index contributed by atoms with van der Waals surface area (Å²) in [5.74, 6) is 0. The molecule has 2 heteroatoms. The second-order valence-corrected chi connectivity index (χ2v) is 3.15. The van der Waals surface area contributed by atoms with Crippen molar-refractivity contribution in [1.29, 1.82) is 0 Å². The molecule has 1 N–H and O–H groups in total.